The monoisotopic (exact) mass is 376 g/mol. The number of amides is 1. The number of hydrogen-bond acceptors (Lipinski definition) is 4. The molecule has 0 fully saturated rings. The van der Waals surface area contributed by atoms with Gasteiger partial charge in [-0.3, -0.25) is 4.79 Å². The van der Waals surface area contributed by atoms with Gasteiger partial charge >= 0.3 is 0 Å². The Morgan fingerprint density at radius 3 is 2.83 bits per heavy atom. The Labute approximate surface area is 143 Å². The average molecular weight is 377 g/mol. The lowest BCUT2D eigenvalue weighted by atomic mass is 10.2. The van der Waals surface area contributed by atoms with Crippen LogP contribution in [0, 0.1) is 6.92 Å². The fraction of sp³-hybridized carbons (Fsp3) is 0.235. The van der Waals surface area contributed by atoms with Crippen LogP contribution in [0.5, 0.6) is 11.5 Å². The zero-order valence-electron chi connectivity index (χ0n) is 12.7. The summed E-state index contributed by atoms with van der Waals surface area (Å²) in [6, 6.07) is 11.4. The first kappa shape index (κ1) is 15.7. The van der Waals surface area contributed by atoms with Gasteiger partial charge in [0.1, 0.15) is 0 Å². The Bertz CT molecular complexity index is 734. The molecule has 0 radical (unpaired) electrons. The zero-order chi connectivity index (χ0) is 16.2. The first-order valence-corrected chi connectivity index (χ1v) is 8.10. The highest BCUT2D eigenvalue weighted by atomic mass is 79.9. The second-order valence-electron chi connectivity index (χ2n) is 5.25. The molecule has 6 heteroatoms. The van der Waals surface area contributed by atoms with Crippen molar-refractivity contribution in [2.24, 2.45) is 0 Å². The largest absolute Gasteiger partial charge is 0.454 e. The van der Waals surface area contributed by atoms with Crippen LogP contribution in [0.2, 0.25) is 0 Å². The highest BCUT2D eigenvalue weighted by Crippen LogP contribution is 2.34. The standard InChI is InChI=1S/C17H17BrN2O3/c1-11-8-12(18)2-4-14(11)19-7-6-17(21)20-13-3-5-15-16(9-13)23-10-22-15/h2-5,8-9,19H,6-7,10H2,1H3,(H,20,21). The van der Waals surface area contributed by atoms with E-state index < -0.39 is 0 Å². The summed E-state index contributed by atoms with van der Waals surface area (Å²) in [4.78, 5) is 12.0. The van der Waals surface area contributed by atoms with Gasteiger partial charge in [-0.2, -0.15) is 0 Å². The van der Waals surface area contributed by atoms with E-state index in [2.05, 4.69) is 26.6 Å². The zero-order valence-corrected chi connectivity index (χ0v) is 14.3. The van der Waals surface area contributed by atoms with E-state index in [1.807, 2.05) is 25.1 Å². The van der Waals surface area contributed by atoms with Crippen LogP contribution in [-0.2, 0) is 4.79 Å². The van der Waals surface area contributed by atoms with Gasteiger partial charge < -0.3 is 20.1 Å². The summed E-state index contributed by atoms with van der Waals surface area (Å²) in [5, 5.41) is 6.13. The summed E-state index contributed by atoms with van der Waals surface area (Å²) in [6.07, 6.45) is 0.379. The predicted octanol–water partition coefficient (Wildman–Crippen LogP) is 3.93. The molecule has 2 aromatic carbocycles. The van der Waals surface area contributed by atoms with Gasteiger partial charge in [-0.15, -0.1) is 0 Å². The molecule has 1 aliphatic rings. The van der Waals surface area contributed by atoms with E-state index >= 15 is 0 Å². The van der Waals surface area contributed by atoms with Crippen LogP contribution >= 0.6 is 15.9 Å². The molecule has 0 aromatic heterocycles. The number of nitrogens with one attached hydrogen (secondary N) is 2. The fourth-order valence-corrected chi connectivity index (χ4v) is 2.81. The third-order valence-corrected chi connectivity index (χ3v) is 4.01. The van der Waals surface area contributed by atoms with Gasteiger partial charge in [-0.25, -0.2) is 0 Å². The topological polar surface area (TPSA) is 59.6 Å². The summed E-state index contributed by atoms with van der Waals surface area (Å²) in [5.74, 6) is 1.31. The lowest BCUT2D eigenvalue weighted by Crippen LogP contribution is -2.16. The summed E-state index contributed by atoms with van der Waals surface area (Å²) in [7, 11) is 0. The molecule has 5 nitrogen and oxygen atoms in total. The van der Waals surface area contributed by atoms with Crippen LogP contribution < -0.4 is 20.1 Å². The lowest BCUT2D eigenvalue weighted by molar-refractivity contribution is -0.115. The molecule has 120 valence electrons. The highest BCUT2D eigenvalue weighted by Gasteiger charge is 2.14. The Hall–Kier alpha value is -2.21. The molecule has 0 bridgehead atoms. The molecule has 0 saturated heterocycles. The van der Waals surface area contributed by atoms with Crippen molar-refractivity contribution in [3.8, 4) is 11.5 Å². The molecule has 1 heterocycles. The van der Waals surface area contributed by atoms with Crippen LogP contribution in [0.15, 0.2) is 40.9 Å². The molecule has 2 N–H and O–H groups in total. The van der Waals surface area contributed by atoms with Gasteiger partial charge in [0.2, 0.25) is 12.7 Å². The first-order valence-electron chi connectivity index (χ1n) is 7.31. The van der Waals surface area contributed by atoms with E-state index in [1.165, 1.54) is 0 Å². The molecular formula is C17H17BrN2O3. The van der Waals surface area contributed by atoms with E-state index in [-0.39, 0.29) is 12.7 Å². The normalized spacial score (nSPS) is 12.1. The average Bonchev–Trinajstić information content (AvgIpc) is 2.97. The maximum Gasteiger partial charge on any atom is 0.231 e. The first-order chi connectivity index (χ1) is 11.1. The summed E-state index contributed by atoms with van der Waals surface area (Å²) in [6.45, 7) is 2.82. The van der Waals surface area contributed by atoms with E-state index in [9.17, 15) is 4.79 Å². The fourth-order valence-electron chi connectivity index (χ4n) is 2.33. The Morgan fingerprint density at radius 1 is 1.17 bits per heavy atom. The minimum absolute atomic E-state index is 0.0499. The molecule has 0 aliphatic carbocycles. The van der Waals surface area contributed by atoms with Crippen LogP contribution in [-0.4, -0.2) is 19.2 Å². The minimum Gasteiger partial charge on any atom is -0.454 e. The van der Waals surface area contributed by atoms with Crippen LogP contribution in [0.25, 0.3) is 0 Å². The number of benzene rings is 2. The quantitative estimate of drug-likeness (QED) is 0.829. The highest BCUT2D eigenvalue weighted by molar-refractivity contribution is 9.10. The van der Waals surface area contributed by atoms with Gasteiger partial charge in [0, 0.05) is 34.9 Å². The van der Waals surface area contributed by atoms with E-state index in [0.29, 0.717) is 30.2 Å². The molecule has 3 rings (SSSR count). The SMILES string of the molecule is Cc1cc(Br)ccc1NCCC(=O)Nc1ccc2c(c1)OCO2. The molecule has 1 aliphatic heterocycles. The summed E-state index contributed by atoms with van der Waals surface area (Å²) < 4.78 is 11.6. The number of carbonyl (C=O) groups excluding carboxylic acids is 1. The van der Waals surface area contributed by atoms with Crippen molar-refractivity contribution in [3.05, 3.63) is 46.4 Å². The van der Waals surface area contributed by atoms with Crippen molar-refractivity contribution in [3.63, 3.8) is 0 Å². The van der Waals surface area contributed by atoms with E-state index in [1.54, 1.807) is 18.2 Å². The van der Waals surface area contributed by atoms with Crippen LogP contribution in [0.4, 0.5) is 11.4 Å². The van der Waals surface area contributed by atoms with Gasteiger partial charge in [-0.05, 0) is 42.8 Å². The molecule has 0 saturated carbocycles. The maximum atomic E-state index is 12.0. The number of hydrogen-bond donors (Lipinski definition) is 2. The number of fused-ring (bicyclic) bond motifs is 1. The molecule has 0 spiro atoms. The molecular weight excluding hydrogens is 360 g/mol. The van der Waals surface area contributed by atoms with Crippen LogP contribution in [0.3, 0.4) is 0 Å². The van der Waals surface area contributed by atoms with E-state index in [0.717, 1.165) is 15.7 Å². The van der Waals surface area contributed by atoms with Crippen molar-refractivity contribution < 1.29 is 14.3 Å². The van der Waals surface area contributed by atoms with Gasteiger partial charge in [0.25, 0.3) is 0 Å². The third-order valence-electron chi connectivity index (χ3n) is 3.51. The van der Waals surface area contributed by atoms with Crippen LogP contribution in [0.1, 0.15) is 12.0 Å². The predicted molar refractivity (Wildman–Crippen MR) is 93.2 cm³/mol. The number of halogens is 1. The van der Waals surface area contributed by atoms with Crippen molar-refractivity contribution in [2.75, 3.05) is 24.0 Å². The van der Waals surface area contributed by atoms with Crippen molar-refractivity contribution >= 4 is 33.2 Å². The molecule has 1 amide bonds. The number of aryl methyl sites for hydroxylation is 1. The maximum absolute atomic E-state index is 12.0. The van der Waals surface area contributed by atoms with Crippen molar-refractivity contribution in [1.82, 2.24) is 0 Å². The second-order valence-corrected chi connectivity index (χ2v) is 6.17. The Kier molecular flexibility index (Phi) is 4.71. The van der Waals surface area contributed by atoms with Crippen molar-refractivity contribution in [1.29, 1.82) is 0 Å². The second kappa shape index (κ2) is 6.91. The van der Waals surface area contributed by atoms with Crippen molar-refractivity contribution in [2.45, 2.75) is 13.3 Å². The lowest BCUT2D eigenvalue weighted by Gasteiger charge is -2.10. The van der Waals surface area contributed by atoms with Gasteiger partial charge in [-0.1, -0.05) is 15.9 Å². The Balaban J connectivity index is 1.50. The molecule has 23 heavy (non-hydrogen) atoms. The molecule has 0 unspecified atom stereocenters. The smallest absolute Gasteiger partial charge is 0.231 e. The molecule has 0 atom stereocenters. The van der Waals surface area contributed by atoms with Gasteiger partial charge in [0.15, 0.2) is 11.5 Å². The summed E-state index contributed by atoms with van der Waals surface area (Å²) in [5.41, 5.74) is 2.87. The Morgan fingerprint density at radius 2 is 2.00 bits per heavy atom. The summed E-state index contributed by atoms with van der Waals surface area (Å²) >= 11 is 3.43. The number of anilines is 2. The van der Waals surface area contributed by atoms with Gasteiger partial charge in [0.05, 0.1) is 0 Å². The number of rotatable bonds is 5. The number of carbonyl (C=O) groups is 1. The minimum atomic E-state index is -0.0499. The third kappa shape index (κ3) is 3.96. The molecule has 2 aromatic rings. The van der Waals surface area contributed by atoms with E-state index in [4.69, 9.17) is 9.47 Å². The number of ether oxygens (including phenoxy) is 2.